The van der Waals surface area contributed by atoms with E-state index < -0.39 is 17.4 Å². The summed E-state index contributed by atoms with van der Waals surface area (Å²) >= 11 is 0. The van der Waals surface area contributed by atoms with Crippen LogP contribution in [0.25, 0.3) is 0 Å². The molecule has 2 heterocycles. The zero-order valence-corrected chi connectivity index (χ0v) is 15.7. The second kappa shape index (κ2) is 7.09. The second-order valence-corrected chi connectivity index (χ2v) is 6.98. The van der Waals surface area contributed by atoms with Crippen LogP contribution in [0.4, 0.5) is 0 Å². The van der Waals surface area contributed by atoms with Gasteiger partial charge in [-0.1, -0.05) is 6.07 Å². The number of carbonyl (C=O) groups is 3. The standard InChI is InChI=1S/C19H24N2O6/c1-20-15(22)11-12(18(24)25)19(20)7-9-21(10-8-19)17(23)16-13(26-2)5-4-6-14(16)27-3/h4-6,12H,7-11H2,1-3H3,(H,24,25)/t12-/m1/s1. The molecule has 146 valence electrons. The number of piperidine rings is 1. The van der Waals surface area contributed by atoms with E-state index in [2.05, 4.69) is 0 Å². The first-order valence-corrected chi connectivity index (χ1v) is 8.85. The van der Waals surface area contributed by atoms with Crippen molar-refractivity contribution < 1.29 is 29.0 Å². The van der Waals surface area contributed by atoms with Gasteiger partial charge >= 0.3 is 5.97 Å². The molecule has 1 spiro atoms. The molecule has 1 aromatic carbocycles. The lowest BCUT2D eigenvalue weighted by atomic mass is 9.77. The maximum absolute atomic E-state index is 13.1. The highest BCUT2D eigenvalue weighted by molar-refractivity contribution is 6.00. The summed E-state index contributed by atoms with van der Waals surface area (Å²) < 4.78 is 10.6. The fourth-order valence-electron chi connectivity index (χ4n) is 4.30. The van der Waals surface area contributed by atoms with Crippen molar-refractivity contribution in [3.63, 3.8) is 0 Å². The molecule has 2 aliphatic rings. The first kappa shape index (κ1) is 19.0. The molecule has 27 heavy (non-hydrogen) atoms. The Morgan fingerprint density at radius 2 is 1.70 bits per heavy atom. The van der Waals surface area contributed by atoms with Crippen LogP contribution in [-0.4, -0.2) is 72.6 Å². The molecule has 0 unspecified atom stereocenters. The topological polar surface area (TPSA) is 96.4 Å². The van der Waals surface area contributed by atoms with Crippen LogP contribution in [0.3, 0.4) is 0 Å². The molecule has 0 saturated carbocycles. The van der Waals surface area contributed by atoms with Gasteiger partial charge in [0.05, 0.1) is 25.7 Å². The lowest BCUT2D eigenvalue weighted by molar-refractivity contribution is -0.145. The molecular weight excluding hydrogens is 352 g/mol. The first-order valence-electron chi connectivity index (χ1n) is 8.85. The lowest BCUT2D eigenvalue weighted by Gasteiger charge is -2.45. The van der Waals surface area contributed by atoms with Crippen LogP contribution in [-0.2, 0) is 9.59 Å². The third-order valence-electron chi connectivity index (χ3n) is 5.93. The summed E-state index contributed by atoms with van der Waals surface area (Å²) in [6.45, 7) is 0.725. The number of hydrogen-bond donors (Lipinski definition) is 1. The Morgan fingerprint density at radius 1 is 1.15 bits per heavy atom. The zero-order chi connectivity index (χ0) is 19.8. The molecule has 2 fully saturated rings. The molecule has 1 aromatic rings. The van der Waals surface area contributed by atoms with E-state index in [4.69, 9.17) is 9.47 Å². The number of nitrogens with zero attached hydrogens (tertiary/aromatic N) is 2. The Kier molecular flexibility index (Phi) is 4.99. The Labute approximate surface area is 157 Å². The van der Waals surface area contributed by atoms with Crippen LogP contribution in [0, 0.1) is 5.92 Å². The van der Waals surface area contributed by atoms with E-state index in [0.717, 1.165) is 0 Å². The second-order valence-electron chi connectivity index (χ2n) is 6.98. The zero-order valence-electron chi connectivity index (χ0n) is 15.7. The van der Waals surface area contributed by atoms with E-state index in [1.165, 1.54) is 14.2 Å². The van der Waals surface area contributed by atoms with Crippen molar-refractivity contribution in [2.24, 2.45) is 5.92 Å². The molecule has 0 aromatic heterocycles. The van der Waals surface area contributed by atoms with Gasteiger partial charge in [0.25, 0.3) is 5.91 Å². The molecule has 0 bridgehead atoms. The summed E-state index contributed by atoms with van der Waals surface area (Å²) in [5, 5.41) is 9.56. The molecule has 2 aliphatic heterocycles. The van der Waals surface area contributed by atoms with Gasteiger partial charge in [0.15, 0.2) is 0 Å². The molecule has 3 rings (SSSR count). The number of carboxylic acid groups (broad SMARTS) is 1. The molecule has 8 nitrogen and oxygen atoms in total. The largest absolute Gasteiger partial charge is 0.496 e. The SMILES string of the molecule is COc1cccc(OC)c1C(=O)N1CCC2(CC1)[C@@H](C(=O)O)CC(=O)N2C. The van der Waals surface area contributed by atoms with E-state index in [-0.39, 0.29) is 18.2 Å². The van der Waals surface area contributed by atoms with E-state index in [9.17, 15) is 19.5 Å². The van der Waals surface area contributed by atoms with Gasteiger partial charge in [0.1, 0.15) is 17.1 Å². The van der Waals surface area contributed by atoms with E-state index in [1.54, 1.807) is 35.0 Å². The Bertz CT molecular complexity index is 747. The van der Waals surface area contributed by atoms with Crippen molar-refractivity contribution >= 4 is 17.8 Å². The predicted octanol–water partition coefficient (Wildman–Crippen LogP) is 1.24. The van der Waals surface area contributed by atoms with E-state index >= 15 is 0 Å². The number of carboxylic acids is 1. The Morgan fingerprint density at radius 3 is 2.19 bits per heavy atom. The summed E-state index contributed by atoms with van der Waals surface area (Å²) in [7, 11) is 4.65. The lowest BCUT2D eigenvalue weighted by Crippen LogP contribution is -2.57. The van der Waals surface area contributed by atoms with Crippen molar-refractivity contribution in [1.82, 2.24) is 9.80 Å². The van der Waals surface area contributed by atoms with Gasteiger partial charge in [-0.15, -0.1) is 0 Å². The summed E-state index contributed by atoms with van der Waals surface area (Å²) in [5.74, 6) is -1.23. The maximum Gasteiger partial charge on any atom is 0.309 e. The molecule has 0 radical (unpaired) electrons. The number of benzene rings is 1. The fraction of sp³-hybridized carbons (Fsp3) is 0.526. The minimum Gasteiger partial charge on any atom is -0.496 e. The smallest absolute Gasteiger partial charge is 0.309 e. The number of ether oxygens (including phenoxy) is 2. The van der Waals surface area contributed by atoms with Gasteiger partial charge in [0, 0.05) is 26.6 Å². The van der Waals surface area contributed by atoms with Crippen molar-refractivity contribution in [2.45, 2.75) is 24.8 Å². The summed E-state index contributed by atoms with van der Waals surface area (Å²) in [6, 6.07) is 5.15. The highest BCUT2D eigenvalue weighted by Gasteiger charge is 2.55. The highest BCUT2D eigenvalue weighted by Crippen LogP contribution is 2.43. The molecule has 2 amide bonds. The normalized spacial score (nSPS) is 21.4. The van der Waals surface area contributed by atoms with Gasteiger partial charge in [-0.25, -0.2) is 0 Å². The third kappa shape index (κ3) is 2.98. The van der Waals surface area contributed by atoms with E-state index in [1.807, 2.05) is 0 Å². The average Bonchev–Trinajstić information content (AvgIpc) is 2.92. The summed E-state index contributed by atoms with van der Waals surface area (Å²) in [4.78, 5) is 40.1. The average molecular weight is 376 g/mol. The van der Waals surface area contributed by atoms with Gasteiger partial charge in [-0.05, 0) is 25.0 Å². The molecule has 2 saturated heterocycles. The van der Waals surface area contributed by atoms with Crippen LogP contribution in [0.1, 0.15) is 29.6 Å². The van der Waals surface area contributed by atoms with Crippen LogP contribution in [0.15, 0.2) is 18.2 Å². The molecule has 1 atom stereocenters. The van der Waals surface area contributed by atoms with Crippen LogP contribution in [0.5, 0.6) is 11.5 Å². The predicted molar refractivity (Wildman–Crippen MR) is 95.9 cm³/mol. The fourth-order valence-corrected chi connectivity index (χ4v) is 4.30. The quantitative estimate of drug-likeness (QED) is 0.849. The number of hydrogen-bond acceptors (Lipinski definition) is 5. The van der Waals surface area contributed by atoms with Crippen molar-refractivity contribution in [1.29, 1.82) is 0 Å². The van der Waals surface area contributed by atoms with Crippen LogP contribution in [0.2, 0.25) is 0 Å². The Hall–Kier alpha value is -2.77. The van der Waals surface area contributed by atoms with Crippen LogP contribution < -0.4 is 9.47 Å². The number of methoxy groups -OCH3 is 2. The molecule has 1 N–H and O–H groups in total. The number of rotatable bonds is 4. The van der Waals surface area contributed by atoms with Gasteiger partial charge in [-0.2, -0.15) is 0 Å². The summed E-state index contributed by atoms with van der Waals surface area (Å²) in [5.41, 5.74) is -0.381. The number of likely N-dealkylation sites (tertiary alicyclic amines) is 2. The number of aliphatic carboxylic acids is 1. The minimum atomic E-state index is -0.959. The highest BCUT2D eigenvalue weighted by atomic mass is 16.5. The molecule has 8 heteroatoms. The van der Waals surface area contributed by atoms with Crippen molar-refractivity contribution in [3.05, 3.63) is 23.8 Å². The number of carbonyl (C=O) groups excluding carboxylic acids is 2. The third-order valence-corrected chi connectivity index (χ3v) is 5.93. The first-order chi connectivity index (χ1) is 12.9. The Balaban J connectivity index is 1.83. The van der Waals surface area contributed by atoms with Crippen LogP contribution >= 0.6 is 0 Å². The molecular formula is C19H24N2O6. The van der Waals surface area contributed by atoms with Gasteiger partial charge < -0.3 is 24.4 Å². The van der Waals surface area contributed by atoms with Crippen molar-refractivity contribution in [3.8, 4) is 11.5 Å². The molecule has 0 aliphatic carbocycles. The van der Waals surface area contributed by atoms with E-state index in [0.29, 0.717) is 43.0 Å². The van der Waals surface area contributed by atoms with Crippen molar-refractivity contribution in [2.75, 3.05) is 34.4 Å². The minimum absolute atomic E-state index is 0.0140. The summed E-state index contributed by atoms with van der Waals surface area (Å²) in [6.07, 6.45) is 0.866. The van der Waals surface area contributed by atoms with Gasteiger partial charge in [-0.3, -0.25) is 14.4 Å². The van der Waals surface area contributed by atoms with Gasteiger partial charge in [0.2, 0.25) is 5.91 Å². The number of amides is 2. The monoisotopic (exact) mass is 376 g/mol. The maximum atomic E-state index is 13.1.